The van der Waals surface area contributed by atoms with Gasteiger partial charge in [0, 0.05) is 24.6 Å². The number of hydrogen-bond acceptors (Lipinski definition) is 3. The van der Waals surface area contributed by atoms with Crippen LogP contribution in [0, 0.1) is 5.92 Å². The second-order valence-electron chi connectivity index (χ2n) is 8.01. The standard InChI is InChI=1S/C20H30N2O2/c1-20(2,3)22-19(24)18-14-16(11-12-21-18)13-17(23)10-9-15-7-5-4-6-8-15/h11-12,14-15H,4-10,13H2,1-3H3,(H,22,24). The quantitative estimate of drug-likeness (QED) is 0.855. The largest absolute Gasteiger partial charge is 0.346 e. The Morgan fingerprint density at radius 3 is 2.58 bits per heavy atom. The minimum absolute atomic E-state index is 0.195. The predicted octanol–water partition coefficient (Wildman–Crippen LogP) is 4.08. The SMILES string of the molecule is CC(C)(C)NC(=O)c1cc(CC(=O)CCC2CCCCC2)ccn1. The second-order valence-corrected chi connectivity index (χ2v) is 8.01. The third-order valence-corrected chi connectivity index (χ3v) is 4.50. The molecule has 1 fully saturated rings. The van der Waals surface area contributed by atoms with Crippen molar-refractivity contribution in [2.75, 3.05) is 0 Å². The summed E-state index contributed by atoms with van der Waals surface area (Å²) < 4.78 is 0. The topological polar surface area (TPSA) is 59.1 Å². The van der Waals surface area contributed by atoms with Crippen molar-refractivity contribution >= 4 is 11.7 Å². The van der Waals surface area contributed by atoms with Gasteiger partial charge in [0.1, 0.15) is 11.5 Å². The molecule has 4 heteroatoms. The van der Waals surface area contributed by atoms with Gasteiger partial charge in [0.05, 0.1) is 0 Å². The van der Waals surface area contributed by atoms with E-state index < -0.39 is 0 Å². The average molecular weight is 330 g/mol. The minimum Gasteiger partial charge on any atom is -0.346 e. The number of ketones is 1. The molecular weight excluding hydrogens is 300 g/mol. The van der Waals surface area contributed by atoms with E-state index in [2.05, 4.69) is 10.3 Å². The van der Waals surface area contributed by atoms with E-state index in [4.69, 9.17) is 0 Å². The van der Waals surface area contributed by atoms with E-state index in [0.717, 1.165) is 17.9 Å². The Labute approximate surface area is 145 Å². The molecular formula is C20H30N2O2. The van der Waals surface area contributed by atoms with E-state index in [9.17, 15) is 9.59 Å². The number of amides is 1. The van der Waals surface area contributed by atoms with Gasteiger partial charge < -0.3 is 5.32 Å². The van der Waals surface area contributed by atoms with Crippen molar-refractivity contribution in [2.24, 2.45) is 5.92 Å². The van der Waals surface area contributed by atoms with Crippen LogP contribution in [0.25, 0.3) is 0 Å². The molecule has 0 aliphatic heterocycles. The molecule has 0 spiro atoms. The molecule has 0 atom stereocenters. The van der Waals surface area contributed by atoms with Gasteiger partial charge in [-0.05, 0) is 50.8 Å². The zero-order valence-electron chi connectivity index (χ0n) is 15.2. The van der Waals surface area contributed by atoms with Crippen LogP contribution < -0.4 is 5.32 Å². The molecule has 1 aliphatic rings. The number of nitrogens with zero attached hydrogens (tertiary/aromatic N) is 1. The molecule has 0 aromatic carbocycles. The number of hydrogen-bond donors (Lipinski definition) is 1. The molecule has 4 nitrogen and oxygen atoms in total. The Morgan fingerprint density at radius 2 is 1.92 bits per heavy atom. The van der Waals surface area contributed by atoms with Crippen LogP contribution in [0.2, 0.25) is 0 Å². The fourth-order valence-corrected chi connectivity index (χ4v) is 3.27. The third kappa shape index (κ3) is 6.42. The number of Topliss-reactive ketones (excluding diaryl/α,β-unsaturated/α-hetero) is 1. The van der Waals surface area contributed by atoms with Gasteiger partial charge in [0.2, 0.25) is 0 Å². The van der Waals surface area contributed by atoms with Gasteiger partial charge in [-0.15, -0.1) is 0 Å². The number of aromatic nitrogens is 1. The molecule has 1 aliphatic carbocycles. The first-order valence-electron chi connectivity index (χ1n) is 9.12. The lowest BCUT2D eigenvalue weighted by molar-refractivity contribution is -0.118. The maximum atomic E-state index is 12.2. The Kier molecular flexibility index (Phi) is 6.52. The lowest BCUT2D eigenvalue weighted by atomic mass is 9.85. The van der Waals surface area contributed by atoms with Crippen LogP contribution in [-0.2, 0) is 11.2 Å². The maximum Gasteiger partial charge on any atom is 0.270 e. The highest BCUT2D eigenvalue weighted by molar-refractivity contribution is 5.93. The molecule has 0 bridgehead atoms. The maximum absolute atomic E-state index is 12.2. The number of rotatable bonds is 6. The Morgan fingerprint density at radius 1 is 1.21 bits per heavy atom. The number of carbonyl (C=O) groups excluding carboxylic acids is 2. The monoisotopic (exact) mass is 330 g/mol. The average Bonchev–Trinajstić information content (AvgIpc) is 2.52. The summed E-state index contributed by atoms with van der Waals surface area (Å²) in [7, 11) is 0. The number of carbonyl (C=O) groups is 2. The molecule has 2 rings (SSSR count). The van der Waals surface area contributed by atoms with Gasteiger partial charge in [0.15, 0.2) is 0 Å². The second kappa shape index (κ2) is 8.41. The summed E-state index contributed by atoms with van der Waals surface area (Å²) in [5.74, 6) is 0.793. The lowest BCUT2D eigenvalue weighted by Gasteiger charge is -2.21. The van der Waals surface area contributed by atoms with Gasteiger partial charge in [-0.25, -0.2) is 0 Å². The zero-order chi connectivity index (χ0) is 17.6. The van der Waals surface area contributed by atoms with Crippen molar-refractivity contribution in [3.63, 3.8) is 0 Å². The van der Waals surface area contributed by atoms with Gasteiger partial charge in [-0.3, -0.25) is 14.6 Å². The van der Waals surface area contributed by atoms with E-state index in [1.54, 1.807) is 12.3 Å². The van der Waals surface area contributed by atoms with Gasteiger partial charge in [-0.2, -0.15) is 0 Å². The summed E-state index contributed by atoms with van der Waals surface area (Å²) in [5, 5.41) is 2.90. The summed E-state index contributed by atoms with van der Waals surface area (Å²) in [6.45, 7) is 5.80. The van der Waals surface area contributed by atoms with Crippen LogP contribution in [0.1, 0.15) is 81.8 Å². The number of pyridine rings is 1. The first-order valence-corrected chi connectivity index (χ1v) is 9.12. The summed E-state index contributed by atoms with van der Waals surface area (Å²) in [6, 6.07) is 3.56. The van der Waals surface area contributed by atoms with Gasteiger partial charge in [-0.1, -0.05) is 32.1 Å². The fourth-order valence-electron chi connectivity index (χ4n) is 3.27. The summed E-state index contributed by atoms with van der Waals surface area (Å²) in [4.78, 5) is 28.5. The highest BCUT2D eigenvalue weighted by Crippen LogP contribution is 2.27. The highest BCUT2D eigenvalue weighted by Gasteiger charge is 2.18. The van der Waals surface area contributed by atoms with Crippen LogP contribution in [0.5, 0.6) is 0 Å². The molecule has 0 saturated heterocycles. The summed E-state index contributed by atoms with van der Waals surface area (Å²) in [6.07, 6.45) is 10.2. The normalized spacial score (nSPS) is 16.0. The van der Waals surface area contributed by atoms with Crippen molar-refractivity contribution in [3.05, 3.63) is 29.6 Å². The van der Waals surface area contributed by atoms with Crippen molar-refractivity contribution in [3.8, 4) is 0 Å². The van der Waals surface area contributed by atoms with Crippen LogP contribution in [0.3, 0.4) is 0 Å². The molecule has 132 valence electrons. The Bertz CT molecular complexity index is 569. The molecule has 0 radical (unpaired) electrons. The molecule has 24 heavy (non-hydrogen) atoms. The first-order chi connectivity index (χ1) is 11.3. The fraction of sp³-hybridized carbons (Fsp3) is 0.650. The molecule has 1 saturated carbocycles. The van der Waals surface area contributed by atoms with E-state index in [-0.39, 0.29) is 17.2 Å². The number of nitrogens with one attached hydrogen (secondary N) is 1. The molecule has 1 amide bonds. The van der Waals surface area contributed by atoms with Crippen LogP contribution in [-0.4, -0.2) is 22.2 Å². The van der Waals surface area contributed by atoms with Gasteiger partial charge >= 0.3 is 0 Å². The van der Waals surface area contributed by atoms with Crippen LogP contribution >= 0.6 is 0 Å². The Balaban J connectivity index is 1.86. The molecule has 1 aromatic rings. The minimum atomic E-state index is -0.301. The van der Waals surface area contributed by atoms with Crippen molar-refractivity contribution in [1.29, 1.82) is 0 Å². The first kappa shape index (κ1) is 18.6. The predicted molar refractivity (Wildman–Crippen MR) is 96.0 cm³/mol. The van der Waals surface area contributed by atoms with Gasteiger partial charge in [0.25, 0.3) is 5.91 Å². The van der Waals surface area contributed by atoms with Crippen LogP contribution in [0.4, 0.5) is 0 Å². The van der Waals surface area contributed by atoms with Crippen molar-refractivity contribution < 1.29 is 9.59 Å². The molecule has 1 N–H and O–H groups in total. The summed E-state index contributed by atoms with van der Waals surface area (Å²) in [5.41, 5.74) is 0.949. The van der Waals surface area contributed by atoms with Crippen molar-refractivity contribution in [2.45, 2.75) is 77.7 Å². The van der Waals surface area contributed by atoms with E-state index in [1.165, 1.54) is 32.1 Å². The van der Waals surface area contributed by atoms with Crippen LogP contribution in [0.15, 0.2) is 18.3 Å². The van der Waals surface area contributed by atoms with E-state index in [1.807, 2.05) is 26.8 Å². The molecule has 1 aromatic heterocycles. The molecule has 1 heterocycles. The smallest absolute Gasteiger partial charge is 0.270 e. The van der Waals surface area contributed by atoms with E-state index >= 15 is 0 Å². The van der Waals surface area contributed by atoms with Crippen molar-refractivity contribution in [1.82, 2.24) is 10.3 Å². The Hall–Kier alpha value is -1.71. The highest BCUT2D eigenvalue weighted by atomic mass is 16.2. The zero-order valence-corrected chi connectivity index (χ0v) is 15.2. The summed E-state index contributed by atoms with van der Waals surface area (Å²) >= 11 is 0. The third-order valence-electron chi connectivity index (χ3n) is 4.50. The molecule has 0 unspecified atom stereocenters. The lowest BCUT2D eigenvalue weighted by Crippen LogP contribution is -2.40. The van der Waals surface area contributed by atoms with E-state index in [0.29, 0.717) is 18.5 Å².